The van der Waals surface area contributed by atoms with Crippen molar-refractivity contribution in [2.24, 2.45) is 5.92 Å². The maximum Gasteiger partial charge on any atom is 0.341 e. The third-order valence-corrected chi connectivity index (χ3v) is 5.91. The molecule has 1 heterocycles. The van der Waals surface area contributed by atoms with E-state index in [9.17, 15) is 14.0 Å². The summed E-state index contributed by atoms with van der Waals surface area (Å²) in [7, 11) is 0. The van der Waals surface area contributed by atoms with Gasteiger partial charge < -0.3 is 10.1 Å². The SMILES string of the molecule is CCOC(=O)c1c(NC(=O)c2cccc(F)c2)sc2c1CC[C@H](CC)C2. The van der Waals surface area contributed by atoms with E-state index in [-0.39, 0.29) is 12.2 Å². The maximum absolute atomic E-state index is 13.4. The van der Waals surface area contributed by atoms with Gasteiger partial charge in [0.15, 0.2) is 0 Å². The van der Waals surface area contributed by atoms with Crippen LogP contribution >= 0.6 is 11.3 Å². The quantitative estimate of drug-likeness (QED) is 0.762. The summed E-state index contributed by atoms with van der Waals surface area (Å²) in [5.41, 5.74) is 1.68. The van der Waals surface area contributed by atoms with Gasteiger partial charge in [0.2, 0.25) is 0 Å². The molecule has 0 radical (unpaired) electrons. The number of halogens is 1. The highest BCUT2D eigenvalue weighted by Gasteiger charge is 2.30. The molecule has 4 nitrogen and oxygen atoms in total. The van der Waals surface area contributed by atoms with Gasteiger partial charge >= 0.3 is 5.97 Å². The van der Waals surface area contributed by atoms with E-state index in [2.05, 4.69) is 12.2 Å². The first-order valence-electron chi connectivity index (χ1n) is 8.92. The fourth-order valence-electron chi connectivity index (χ4n) is 3.31. The number of hydrogen-bond acceptors (Lipinski definition) is 4. The lowest BCUT2D eigenvalue weighted by Gasteiger charge is -2.20. The Bertz CT molecular complexity index is 830. The summed E-state index contributed by atoms with van der Waals surface area (Å²) < 4.78 is 18.6. The number of carbonyl (C=O) groups is 2. The molecule has 0 unspecified atom stereocenters. The second-order valence-corrected chi connectivity index (χ2v) is 7.52. The van der Waals surface area contributed by atoms with Crippen LogP contribution in [0.1, 0.15) is 57.8 Å². The Morgan fingerprint density at radius 3 is 2.85 bits per heavy atom. The van der Waals surface area contributed by atoms with Crippen LogP contribution in [0.2, 0.25) is 0 Å². The zero-order valence-electron chi connectivity index (χ0n) is 14.9. The minimum atomic E-state index is -0.473. The summed E-state index contributed by atoms with van der Waals surface area (Å²) in [6, 6.07) is 5.50. The highest BCUT2D eigenvalue weighted by atomic mass is 32.1. The molecule has 0 spiro atoms. The maximum atomic E-state index is 13.4. The number of amides is 1. The average molecular weight is 375 g/mol. The van der Waals surface area contributed by atoms with E-state index < -0.39 is 17.7 Å². The molecule has 1 amide bonds. The predicted octanol–water partition coefficient (Wildman–Crippen LogP) is 4.83. The van der Waals surface area contributed by atoms with Crippen molar-refractivity contribution in [1.82, 2.24) is 0 Å². The standard InChI is InChI=1S/C20H22FNO3S/c1-3-12-8-9-15-16(10-12)26-19(17(15)20(24)25-4-2)22-18(23)13-6-5-7-14(21)11-13/h5-7,11-12H,3-4,8-10H2,1-2H3,(H,22,23)/t12-/m0/s1. The van der Waals surface area contributed by atoms with Gasteiger partial charge in [-0.2, -0.15) is 0 Å². The number of nitrogens with one attached hydrogen (secondary N) is 1. The second kappa shape index (κ2) is 7.99. The summed E-state index contributed by atoms with van der Waals surface area (Å²) in [5.74, 6) is -0.710. The summed E-state index contributed by atoms with van der Waals surface area (Å²) in [4.78, 5) is 26.1. The molecule has 6 heteroatoms. The van der Waals surface area contributed by atoms with Crippen molar-refractivity contribution < 1.29 is 18.7 Å². The fourth-order valence-corrected chi connectivity index (χ4v) is 4.66. The molecule has 1 atom stereocenters. The molecule has 0 saturated carbocycles. The fraction of sp³-hybridized carbons (Fsp3) is 0.400. The summed E-state index contributed by atoms with van der Waals surface area (Å²) in [6.07, 6.45) is 3.86. The third-order valence-electron chi connectivity index (χ3n) is 4.74. The first kappa shape index (κ1) is 18.6. The normalized spacial score (nSPS) is 16.0. The number of carbonyl (C=O) groups excluding carboxylic acids is 2. The lowest BCUT2D eigenvalue weighted by Crippen LogP contribution is -2.17. The monoisotopic (exact) mass is 375 g/mol. The first-order valence-corrected chi connectivity index (χ1v) is 9.73. The van der Waals surface area contributed by atoms with Crippen LogP contribution in [-0.2, 0) is 17.6 Å². The van der Waals surface area contributed by atoms with Crippen LogP contribution in [-0.4, -0.2) is 18.5 Å². The number of ether oxygens (including phenoxy) is 1. The summed E-state index contributed by atoms with van der Waals surface area (Å²) in [6.45, 7) is 4.20. The van der Waals surface area contributed by atoms with E-state index >= 15 is 0 Å². The first-order chi connectivity index (χ1) is 12.5. The van der Waals surface area contributed by atoms with Crippen molar-refractivity contribution in [3.05, 3.63) is 51.7 Å². The van der Waals surface area contributed by atoms with E-state index in [1.165, 1.54) is 29.5 Å². The molecule has 0 saturated heterocycles. The number of hydrogen-bond donors (Lipinski definition) is 1. The summed E-state index contributed by atoms with van der Waals surface area (Å²) >= 11 is 1.44. The zero-order chi connectivity index (χ0) is 18.7. The number of benzene rings is 1. The number of esters is 1. The Hall–Kier alpha value is -2.21. The molecule has 2 aromatic rings. The molecular weight excluding hydrogens is 353 g/mol. The minimum Gasteiger partial charge on any atom is -0.462 e. The van der Waals surface area contributed by atoms with Gasteiger partial charge in [-0.15, -0.1) is 11.3 Å². The van der Waals surface area contributed by atoms with E-state index in [0.717, 1.165) is 36.1 Å². The Morgan fingerprint density at radius 2 is 2.15 bits per heavy atom. The molecule has 1 aliphatic rings. The third kappa shape index (κ3) is 3.80. The van der Waals surface area contributed by atoms with Crippen LogP contribution in [0.15, 0.2) is 24.3 Å². The second-order valence-electron chi connectivity index (χ2n) is 6.41. The smallest absolute Gasteiger partial charge is 0.341 e. The topological polar surface area (TPSA) is 55.4 Å². The van der Waals surface area contributed by atoms with Gasteiger partial charge in [-0.1, -0.05) is 19.4 Å². The van der Waals surface area contributed by atoms with Crippen LogP contribution < -0.4 is 5.32 Å². The predicted molar refractivity (Wildman–Crippen MR) is 100 cm³/mol. The van der Waals surface area contributed by atoms with Crippen LogP contribution in [0.3, 0.4) is 0 Å². The van der Waals surface area contributed by atoms with E-state index in [4.69, 9.17) is 4.74 Å². The molecule has 0 aliphatic heterocycles. The van der Waals surface area contributed by atoms with Crippen molar-refractivity contribution in [2.75, 3.05) is 11.9 Å². The van der Waals surface area contributed by atoms with Crippen LogP contribution in [0.25, 0.3) is 0 Å². The van der Waals surface area contributed by atoms with Gasteiger partial charge in [-0.05, 0) is 55.9 Å². The van der Waals surface area contributed by atoms with Crippen LogP contribution in [0, 0.1) is 11.7 Å². The molecule has 0 bridgehead atoms. The van der Waals surface area contributed by atoms with Crippen molar-refractivity contribution in [2.45, 2.75) is 39.5 Å². The molecule has 1 aromatic carbocycles. The van der Waals surface area contributed by atoms with Crippen molar-refractivity contribution in [1.29, 1.82) is 0 Å². The van der Waals surface area contributed by atoms with Crippen molar-refractivity contribution in [3.8, 4) is 0 Å². The van der Waals surface area contributed by atoms with Gasteiger partial charge in [0, 0.05) is 10.4 Å². The minimum absolute atomic E-state index is 0.220. The molecule has 1 aliphatic carbocycles. The number of thiophene rings is 1. The van der Waals surface area contributed by atoms with E-state index in [0.29, 0.717) is 16.5 Å². The van der Waals surface area contributed by atoms with Gasteiger partial charge in [0.1, 0.15) is 10.8 Å². The number of fused-ring (bicyclic) bond motifs is 1. The molecular formula is C20H22FNO3S. The lowest BCUT2D eigenvalue weighted by atomic mass is 9.85. The number of anilines is 1. The molecule has 138 valence electrons. The Morgan fingerprint density at radius 1 is 1.35 bits per heavy atom. The molecule has 3 rings (SSSR count). The average Bonchev–Trinajstić information content (AvgIpc) is 2.98. The number of rotatable bonds is 5. The van der Waals surface area contributed by atoms with Crippen molar-refractivity contribution >= 4 is 28.2 Å². The largest absolute Gasteiger partial charge is 0.462 e. The molecule has 1 aromatic heterocycles. The Labute approximate surface area is 156 Å². The van der Waals surface area contributed by atoms with Crippen LogP contribution in [0.4, 0.5) is 9.39 Å². The van der Waals surface area contributed by atoms with E-state index in [1.54, 1.807) is 13.0 Å². The molecule has 1 N–H and O–H groups in total. The van der Waals surface area contributed by atoms with Crippen molar-refractivity contribution in [3.63, 3.8) is 0 Å². The highest BCUT2D eigenvalue weighted by molar-refractivity contribution is 7.17. The molecule has 26 heavy (non-hydrogen) atoms. The highest BCUT2D eigenvalue weighted by Crippen LogP contribution is 2.41. The van der Waals surface area contributed by atoms with Gasteiger partial charge in [-0.3, -0.25) is 4.79 Å². The lowest BCUT2D eigenvalue weighted by molar-refractivity contribution is 0.0526. The molecule has 0 fully saturated rings. The van der Waals surface area contributed by atoms with Gasteiger partial charge in [0.05, 0.1) is 12.2 Å². The van der Waals surface area contributed by atoms with Gasteiger partial charge in [0.25, 0.3) is 5.91 Å². The zero-order valence-corrected chi connectivity index (χ0v) is 15.7. The van der Waals surface area contributed by atoms with Crippen LogP contribution in [0.5, 0.6) is 0 Å². The van der Waals surface area contributed by atoms with E-state index in [1.807, 2.05) is 0 Å². The van der Waals surface area contributed by atoms with Gasteiger partial charge in [-0.25, -0.2) is 9.18 Å². The Kier molecular flexibility index (Phi) is 5.71. The Balaban J connectivity index is 1.94. The summed E-state index contributed by atoms with van der Waals surface area (Å²) in [5, 5.41) is 3.30.